The molecule has 9 rings (SSSR count). The number of para-hydroxylation sites is 2. The second-order valence-corrected chi connectivity index (χ2v) is 11.3. The minimum Gasteiger partial charge on any atom is -0.309 e. The first kappa shape index (κ1) is 24.6. The molecule has 0 saturated heterocycles. The van der Waals surface area contributed by atoms with E-state index in [0.717, 1.165) is 27.6 Å². The SMILES string of the molecule is c1ccc(-c2ccc(-n3c4cc(-c5ccc6c(c5)c5ccccc5n6-c5ccccc5)ccc4c4ncccc43)cc2)cc1. The molecule has 6 aromatic carbocycles. The van der Waals surface area contributed by atoms with Gasteiger partial charge in [-0.15, -0.1) is 0 Å². The molecule has 3 nitrogen and oxygen atoms in total. The third-order valence-electron chi connectivity index (χ3n) is 8.77. The molecule has 0 atom stereocenters. The zero-order valence-electron chi connectivity index (χ0n) is 23.9. The summed E-state index contributed by atoms with van der Waals surface area (Å²) >= 11 is 0. The van der Waals surface area contributed by atoms with Crippen LogP contribution in [0.1, 0.15) is 0 Å². The number of rotatable bonds is 4. The van der Waals surface area contributed by atoms with Crippen LogP contribution in [0.5, 0.6) is 0 Å². The molecule has 0 aliphatic rings. The van der Waals surface area contributed by atoms with E-state index >= 15 is 0 Å². The second kappa shape index (κ2) is 9.82. The van der Waals surface area contributed by atoms with Gasteiger partial charge >= 0.3 is 0 Å². The molecule has 0 radical (unpaired) electrons. The largest absolute Gasteiger partial charge is 0.309 e. The molecule has 3 heteroatoms. The van der Waals surface area contributed by atoms with Gasteiger partial charge in [0.2, 0.25) is 0 Å². The molecule has 0 spiro atoms. The number of benzene rings is 6. The van der Waals surface area contributed by atoms with Crippen molar-refractivity contribution in [1.82, 2.24) is 14.1 Å². The molecular formula is C41H27N3. The molecule has 9 aromatic rings. The van der Waals surface area contributed by atoms with Gasteiger partial charge in [-0.25, -0.2) is 0 Å². The molecule has 44 heavy (non-hydrogen) atoms. The van der Waals surface area contributed by atoms with Crippen molar-refractivity contribution in [2.75, 3.05) is 0 Å². The summed E-state index contributed by atoms with van der Waals surface area (Å²) in [6.07, 6.45) is 1.88. The highest BCUT2D eigenvalue weighted by Gasteiger charge is 2.16. The van der Waals surface area contributed by atoms with Crippen molar-refractivity contribution >= 4 is 43.7 Å². The van der Waals surface area contributed by atoms with Crippen LogP contribution in [0.25, 0.3) is 77.4 Å². The van der Waals surface area contributed by atoms with Crippen LogP contribution in [0.2, 0.25) is 0 Å². The summed E-state index contributed by atoms with van der Waals surface area (Å²) in [6, 6.07) is 56.5. The van der Waals surface area contributed by atoms with Crippen molar-refractivity contribution in [2.24, 2.45) is 0 Å². The highest BCUT2D eigenvalue weighted by molar-refractivity contribution is 6.11. The van der Waals surface area contributed by atoms with Crippen LogP contribution in [-0.2, 0) is 0 Å². The van der Waals surface area contributed by atoms with Crippen LogP contribution in [0.4, 0.5) is 0 Å². The van der Waals surface area contributed by atoms with Crippen LogP contribution in [0.3, 0.4) is 0 Å². The van der Waals surface area contributed by atoms with Crippen LogP contribution >= 0.6 is 0 Å². The Bertz CT molecular complexity index is 2470. The van der Waals surface area contributed by atoms with E-state index in [9.17, 15) is 0 Å². The van der Waals surface area contributed by atoms with Crippen LogP contribution < -0.4 is 0 Å². The lowest BCUT2D eigenvalue weighted by atomic mass is 10.0. The third kappa shape index (κ3) is 3.80. The lowest BCUT2D eigenvalue weighted by molar-refractivity contribution is 1.18. The van der Waals surface area contributed by atoms with Crippen molar-refractivity contribution in [3.63, 3.8) is 0 Å². The zero-order valence-corrected chi connectivity index (χ0v) is 23.9. The highest BCUT2D eigenvalue weighted by Crippen LogP contribution is 2.37. The summed E-state index contributed by atoms with van der Waals surface area (Å²) in [6.45, 7) is 0. The number of fused-ring (bicyclic) bond motifs is 6. The number of nitrogens with zero attached hydrogens (tertiary/aromatic N) is 3. The minimum absolute atomic E-state index is 1.02. The van der Waals surface area contributed by atoms with Crippen molar-refractivity contribution in [2.45, 2.75) is 0 Å². The fourth-order valence-corrected chi connectivity index (χ4v) is 6.73. The van der Waals surface area contributed by atoms with Crippen molar-refractivity contribution in [3.8, 4) is 33.6 Å². The fourth-order valence-electron chi connectivity index (χ4n) is 6.73. The van der Waals surface area contributed by atoms with Gasteiger partial charge in [0.1, 0.15) is 0 Å². The first-order valence-electron chi connectivity index (χ1n) is 15.0. The normalized spacial score (nSPS) is 11.6. The van der Waals surface area contributed by atoms with E-state index in [-0.39, 0.29) is 0 Å². The Morgan fingerprint density at radius 1 is 0.341 bits per heavy atom. The molecule has 0 aliphatic carbocycles. The van der Waals surface area contributed by atoms with E-state index < -0.39 is 0 Å². The van der Waals surface area contributed by atoms with Gasteiger partial charge in [0.25, 0.3) is 0 Å². The predicted octanol–water partition coefficient (Wildman–Crippen LogP) is 10.6. The fraction of sp³-hybridized carbons (Fsp3) is 0. The van der Waals surface area contributed by atoms with E-state index in [1.807, 2.05) is 12.3 Å². The minimum atomic E-state index is 1.02. The average Bonchev–Trinajstić information content (AvgIpc) is 3.61. The Labute approximate surface area is 254 Å². The number of pyridine rings is 1. The van der Waals surface area contributed by atoms with Gasteiger partial charge in [-0.05, 0) is 89.0 Å². The quantitative estimate of drug-likeness (QED) is 0.210. The topological polar surface area (TPSA) is 22.8 Å². The maximum absolute atomic E-state index is 4.81. The molecule has 3 aromatic heterocycles. The molecule has 0 unspecified atom stereocenters. The van der Waals surface area contributed by atoms with Gasteiger partial charge in [0, 0.05) is 33.7 Å². The Morgan fingerprint density at radius 2 is 0.932 bits per heavy atom. The summed E-state index contributed by atoms with van der Waals surface area (Å²) < 4.78 is 4.70. The first-order chi connectivity index (χ1) is 21.8. The Kier molecular flexibility index (Phi) is 5.50. The molecule has 0 N–H and O–H groups in total. The number of hydrogen-bond acceptors (Lipinski definition) is 1. The number of aromatic nitrogens is 3. The molecule has 3 heterocycles. The van der Waals surface area contributed by atoms with Gasteiger partial charge in [0.05, 0.1) is 27.6 Å². The van der Waals surface area contributed by atoms with E-state index in [4.69, 9.17) is 4.98 Å². The predicted molar refractivity (Wildman–Crippen MR) is 184 cm³/mol. The third-order valence-corrected chi connectivity index (χ3v) is 8.77. The highest BCUT2D eigenvalue weighted by atomic mass is 15.0. The summed E-state index contributed by atoms with van der Waals surface area (Å²) in [5.74, 6) is 0. The molecule has 0 aliphatic heterocycles. The van der Waals surface area contributed by atoms with E-state index in [2.05, 4.69) is 161 Å². The van der Waals surface area contributed by atoms with Crippen molar-refractivity contribution < 1.29 is 0 Å². The summed E-state index contributed by atoms with van der Waals surface area (Å²) in [5.41, 5.74) is 12.8. The number of hydrogen-bond donors (Lipinski definition) is 0. The summed E-state index contributed by atoms with van der Waals surface area (Å²) in [5, 5.41) is 3.66. The molecule has 0 fully saturated rings. The van der Waals surface area contributed by atoms with Gasteiger partial charge in [-0.1, -0.05) is 91.0 Å². The maximum atomic E-state index is 4.81. The second-order valence-electron chi connectivity index (χ2n) is 11.3. The van der Waals surface area contributed by atoms with E-state index in [0.29, 0.717) is 0 Å². The maximum Gasteiger partial charge on any atom is 0.0963 e. The Morgan fingerprint density at radius 3 is 1.77 bits per heavy atom. The molecular weight excluding hydrogens is 534 g/mol. The monoisotopic (exact) mass is 561 g/mol. The molecule has 206 valence electrons. The van der Waals surface area contributed by atoms with Crippen molar-refractivity contribution in [1.29, 1.82) is 0 Å². The molecule has 0 amide bonds. The molecule has 0 saturated carbocycles. The molecule has 0 bridgehead atoms. The lowest BCUT2D eigenvalue weighted by Crippen LogP contribution is -1.94. The van der Waals surface area contributed by atoms with Crippen molar-refractivity contribution in [3.05, 3.63) is 164 Å². The van der Waals surface area contributed by atoms with E-state index in [1.165, 1.54) is 49.7 Å². The van der Waals surface area contributed by atoms with E-state index in [1.54, 1.807) is 0 Å². The first-order valence-corrected chi connectivity index (χ1v) is 15.0. The lowest BCUT2D eigenvalue weighted by Gasteiger charge is -2.11. The Balaban J connectivity index is 1.23. The Hall–Kier alpha value is -5.93. The van der Waals surface area contributed by atoms with Crippen LogP contribution in [-0.4, -0.2) is 14.1 Å². The average molecular weight is 562 g/mol. The smallest absolute Gasteiger partial charge is 0.0963 e. The van der Waals surface area contributed by atoms with Gasteiger partial charge in [-0.3, -0.25) is 4.98 Å². The van der Waals surface area contributed by atoms with Gasteiger partial charge in [-0.2, -0.15) is 0 Å². The van der Waals surface area contributed by atoms with Crippen LogP contribution in [0.15, 0.2) is 164 Å². The van der Waals surface area contributed by atoms with Gasteiger partial charge in [0.15, 0.2) is 0 Å². The zero-order chi connectivity index (χ0) is 29.0. The summed E-state index contributed by atoms with van der Waals surface area (Å²) in [4.78, 5) is 4.81. The summed E-state index contributed by atoms with van der Waals surface area (Å²) in [7, 11) is 0. The van der Waals surface area contributed by atoms with Crippen LogP contribution in [0, 0.1) is 0 Å². The van der Waals surface area contributed by atoms with Gasteiger partial charge < -0.3 is 9.13 Å². The standard InChI is InChI=1S/C41H27N3/c1-3-10-28(11-4-1)29-17-21-33(22-18-29)44-39-16-9-25-42-41(39)35-23-19-31(27-40(35)44)30-20-24-38-36(26-30)34-14-7-8-15-37(34)43(38)32-12-5-2-6-13-32/h1-27H.